The zero-order valence-electron chi connectivity index (χ0n) is 12.0. The normalized spacial score (nSPS) is 23.9. The third-order valence-electron chi connectivity index (χ3n) is 4.43. The van der Waals surface area contributed by atoms with E-state index in [-0.39, 0.29) is 5.66 Å². The van der Waals surface area contributed by atoms with Gasteiger partial charge >= 0.3 is 0 Å². The molecular weight excluding hydrogens is 280 g/mol. The Kier molecular flexibility index (Phi) is 3.39. The number of hydrazine groups is 1. The molecule has 1 saturated carbocycles. The highest BCUT2D eigenvalue weighted by Crippen LogP contribution is 2.36. The predicted octanol–water partition coefficient (Wildman–Crippen LogP) is 3.46. The molecule has 3 aliphatic rings. The van der Waals surface area contributed by atoms with Gasteiger partial charge < -0.3 is 0 Å². The summed E-state index contributed by atoms with van der Waals surface area (Å²) in [7, 11) is 0. The van der Waals surface area contributed by atoms with Crippen molar-refractivity contribution in [1.82, 2.24) is 15.9 Å². The van der Waals surface area contributed by atoms with Crippen LogP contribution in [0.2, 0.25) is 0 Å². The number of hydrogen-bond donors (Lipinski definition) is 2. The van der Waals surface area contributed by atoms with E-state index < -0.39 is 0 Å². The minimum absolute atomic E-state index is 0.0707. The van der Waals surface area contributed by atoms with Crippen molar-refractivity contribution in [2.24, 2.45) is 5.10 Å². The second kappa shape index (κ2) is 5.39. The first kappa shape index (κ1) is 13.2. The Hall–Kier alpha value is -1.46. The Morgan fingerprint density at radius 1 is 1.05 bits per heavy atom. The quantitative estimate of drug-likeness (QED) is 0.833. The molecule has 0 aromatic heterocycles. The monoisotopic (exact) mass is 300 g/mol. The Labute approximate surface area is 129 Å². The van der Waals surface area contributed by atoms with Gasteiger partial charge in [-0.1, -0.05) is 54.9 Å². The molecule has 0 bridgehead atoms. The molecule has 4 nitrogen and oxygen atoms in total. The van der Waals surface area contributed by atoms with E-state index in [1.165, 1.54) is 36.9 Å². The number of nitrogens with one attached hydrogen (secondary N) is 2. The van der Waals surface area contributed by atoms with Crippen LogP contribution in [0.15, 0.2) is 40.8 Å². The SMILES string of the molecule is C1=C(c2ccccc2)N2NC3(CCCCCC3)NN=C2S1. The molecule has 2 aliphatic heterocycles. The number of nitrogens with zero attached hydrogens (tertiary/aromatic N) is 2. The van der Waals surface area contributed by atoms with Crippen LogP contribution in [-0.2, 0) is 0 Å². The lowest BCUT2D eigenvalue weighted by Gasteiger charge is -2.42. The summed E-state index contributed by atoms with van der Waals surface area (Å²) in [6.45, 7) is 0. The number of fused-ring (bicyclic) bond motifs is 1. The zero-order chi connectivity index (χ0) is 14.1. The van der Waals surface area contributed by atoms with Crippen LogP contribution in [0.4, 0.5) is 0 Å². The summed E-state index contributed by atoms with van der Waals surface area (Å²) >= 11 is 1.67. The van der Waals surface area contributed by atoms with Crippen molar-refractivity contribution >= 4 is 22.6 Å². The average Bonchev–Trinajstić information content (AvgIpc) is 2.81. The number of thioether (sulfide) groups is 1. The summed E-state index contributed by atoms with van der Waals surface area (Å²) < 4.78 is 0. The highest BCUT2D eigenvalue weighted by Gasteiger charge is 2.39. The lowest BCUT2D eigenvalue weighted by molar-refractivity contribution is 0.141. The lowest BCUT2D eigenvalue weighted by Crippen LogP contribution is -2.64. The predicted molar refractivity (Wildman–Crippen MR) is 88.0 cm³/mol. The number of benzene rings is 1. The van der Waals surface area contributed by atoms with Crippen molar-refractivity contribution in [3.8, 4) is 0 Å². The Morgan fingerprint density at radius 3 is 2.57 bits per heavy atom. The molecule has 1 fully saturated rings. The van der Waals surface area contributed by atoms with Crippen LogP contribution in [0.25, 0.3) is 5.70 Å². The highest BCUT2D eigenvalue weighted by molar-refractivity contribution is 8.16. The Morgan fingerprint density at radius 2 is 1.81 bits per heavy atom. The molecule has 0 amide bonds. The fourth-order valence-corrected chi connectivity index (χ4v) is 4.06. The molecule has 0 radical (unpaired) electrons. The smallest absolute Gasteiger partial charge is 0.206 e. The van der Waals surface area contributed by atoms with Gasteiger partial charge in [-0.15, -0.1) is 0 Å². The maximum Gasteiger partial charge on any atom is 0.206 e. The molecule has 4 rings (SSSR count). The van der Waals surface area contributed by atoms with Gasteiger partial charge in [-0.05, 0) is 25.7 Å². The second-order valence-corrected chi connectivity index (χ2v) is 6.77. The molecule has 0 unspecified atom stereocenters. The van der Waals surface area contributed by atoms with E-state index in [4.69, 9.17) is 0 Å². The Balaban J connectivity index is 1.62. The van der Waals surface area contributed by atoms with Gasteiger partial charge in [-0.2, -0.15) is 5.10 Å². The minimum Gasteiger partial charge on any atom is -0.286 e. The van der Waals surface area contributed by atoms with Gasteiger partial charge in [0.1, 0.15) is 5.66 Å². The van der Waals surface area contributed by atoms with Crippen molar-refractivity contribution < 1.29 is 0 Å². The molecule has 110 valence electrons. The van der Waals surface area contributed by atoms with E-state index in [1.54, 1.807) is 11.8 Å². The van der Waals surface area contributed by atoms with Crippen LogP contribution in [0.3, 0.4) is 0 Å². The molecule has 21 heavy (non-hydrogen) atoms. The van der Waals surface area contributed by atoms with Crippen molar-refractivity contribution in [2.45, 2.75) is 44.2 Å². The van der Waals surface area contributed by atoms with Gasteiger partial charge in [0.25, 0.3) is 0 Å². The van der Waals surface area contributed by atoms with E-state index >= 15 is 0 Å². The summed E-state index contributed by atoms with van der Waals surface area (Å²) in [5.74, 6) is 0. The first-order valence-corrected chi connectivity index (χ1v) is 8.59. The number of rotatable bonds is 1. The summed E-state index contributed by atoms with van der Waals surface area (Å²) in [4.78, 5) is 0. The van der Waals surface area contributed by atoms with Gasteiger partial charge in [-0.3, -0.25) is 5.43 Å². The summed E-state index contributed by atoms with van der Waals surface area (Å²) in [6.07, 6.45) is 7.45. The van der Waals surface area contributed by atoms with Crippen molar-refractivity contribution in [1.29, 1.82) is 0 Å². The highest BCUT2D eigenvalue weighted by atomic mass is 32.2. The molecule has 1 aliphatic carbocycles. The van der Waals surface area contributed by atoms with Crippen molar-refractivity contribution in [3.63, 3.8) is 0 Å². The summed E-state index contributed by atoms with van der Waals surface area (Å²) in [6, 6.07) is 10.5. The van der Waals surface area contributed by atoms with Gasteiger partial charge in [0, 0.05) is 11.0 Å². The lowest BCUT2D eigenvalue weighted by atomic mass is 10.0. The number of hydrogen-bond acceptors (Lipinski definition) is 5. The molecule has 2 heterocycles. The summed E-state index contributed by atoms with van der Waals surface area (Å²) in [5, 5.41) is 9.96. The van der Waals surface area contributed by atoms with Gasteiger partial charge in [0.05, 0.1) is 5.70 Å². The molecule has 1 spiro atoms. The van der Waals surface area contributed by atoms with Crippen LogP contribution in [0, 0.1) is 0 Å². The van der Waals surface area contributed by atoms with Crippen molar-refractivity contribution in [3.05, 3.63) is 41.3 Å². The van der Waals surface area contributed by atoms with Gasteiger partial charge in [0.2, 0.25) is 5.17 Å². The minimum atomic E-state index is -0.0707. The van der Waals surface area contributed by atoms with Crippen LogP contribution in [0.1, 0.15) is 44.1 Å². The summed E-state index contributed by atoms with van der Waals surface area (Å²) in [5.41, 5.74) is 9.48. The second-order valence-electron chi connectivity index (χ2n) is 5.94. The van der Waals surface area contributed by atoms with Gasteiger partial charge in [-0.25, -0.2) is 10.4 Å². The standard InChI is InChI=1S/C16H20N4S/c1-2-7-11-16(10-6-1)18-17-15-20(19-16)14(12-21-15)13-8-4-3-5-9-13/h3-5,8-9,12,18-19H,1-2,6-7,10-11H2. The third-order valence-corrected chi connectivity index (χ3v) is 5.25. The van der Waals surface area contributed by atoms with Gasteiger partial charge in [0.15, 0.2) is 0 Å². The van der Waals surface area contributed by atoms with Crippen LogP contribution in [0.5, 0.6) is 0 Å². The fraction of sp³-hybridized carbons (Fsp3) is 0.438. The molecule has 5 heteroatoms. The van der Waals surface area contributed by atoms with Crippen molar-refractivity contribution in [2.75, 3.05) is 0 Å². The third kappa shape index (κ3) is 2.45. The van der Waals surface area contributed by atoms with Crippen LogP contribution >= 0.6 is 11.8 Å². The fourth-order valence-electron chi connectivity index (χ4n) is 3.26. The first-order valence-electron chi connectivity index (χ1n) is 7.71. The zero-order valence-corrected chi connectivity index (χ0v) is 12.8. The first-order chi connectivity index (χ1) is 10.4. The topological polar surface area (TPSA) is 39.7 Å². The van der Waals surface area contributed by atoms with E-state index in [9.17, 15) is 0 Å². The van der Waals surface area contributed by atoms with Crippen LogP contribution < -0.4 is 10.9 Å². The van der Waals surface area contributed by atoms with E-state index in [1.807, 2.05) is 0 Å². The largest absolute Gasteiger partial charge is 0.286 e. The van der Waals surface area contributed by atoms with E-state index in [0.29, 0.717) is 0 Å². The van der Waals surface area contributed by atoms with E-state index in [0.717, 1.165) is 18.0 Å². The molecule has 1 aromatic carbocycles. The number of amidine groups is 1. The number of hydrazone groups is 1. The Bertz CT molecular complexity index is 573. The van der Waals surface area contributed by atoms with E-state index in [2.05, 4.69) is 56.7 Å². The molecule has 1 aromatic rings. The van der Waals surface area contributed by atoms with Crippen LogP contribution in [-0.4, -0.2) is 15.8 Å². The molecule has 0 saturated heterocycles. The maximum absolute atomic E-state index is 4.63. The molecule has 0 atom stereocenters. The molecule has 2 N–H and O–H groups in total. The molecular formula is C16H20N4S. The average molecular weight is 300 g/mol. The maximum atomic E-state index is 4.63.